The number of benzene rings is 1. The second-order valence-corrected chi connectivity index (χ2v) is 10.8. The van der Waals surface area contributed by atoms with E-state index >= 15 is 0 Å². The quantitative estimate of drug-likeness (QED) is 0.556. The first-order chi connectivity index (χ1) is 15.7. The monoisotopic (exact) mass is 480 g/mol. The maximum atomic E-state index is 13.5. The third-order valence-electron chi connectivity index (χ3n) is 7.30. The van der Waals surface area contributed by atoms with E-state index in [0.29, 0.717) is 41.3 Å². The molecular formula is C24H27F3N2O3S. The number of halogens is 3. The summed E-state index contributed by atoms with van der Waals surface area (Å²) in [6.45, 7) is 0.935. The molecule has 0 N–H and O–H groups in total. The van der Waals surface area contributed by atoms with Crippen molar-refractivity contribution >= 4 is 17.2 Å². The number of amides is 1. The molecule has 9 heteroatoms. The lowest BCUT2D eigenvalue weighted by Crippen LogP contribution is -2.49. The van der Waals surface area contributed by atoms with Crippen molar-refractivity contribution in [1.82, 2.24) is 4.57 Å². The molecule has 0 aliphatic heterocycles. The standard InChI is InChI=1S/C24H27F3N2O3S/c1-31-6-5-29-14-20(18-3-2-4-19(10-18)32-24(25,26)27)33-22(29)28-21(30)23-11-15-7-16(12-23)9-17(8-15)13-23/h2-4,10,14-17H,5-9,11-13H2,1H3/b28-22-. The van der Waals surface area contributed by atoms with Gasteiger partial charge in [0.1, 0.15) is 5.75 Å². The zero-order chi connectivity index (χ0) is 23.2. The average Bonchev–Trinajstić information content (AvgIpc) is 3.13. The summed E-state index contributed by atoms with van der Waals surface area (Å²) in [6.07, 6.45) is 3.64. The van der Waals surface area contributed by atoms with Crippen LogP contribution < -0.4 is 9.54 Å². The van der Waals surface area contributed by atoms with E-state index in [1.807, 2.05) is 10.8 Å². The maximum absolute atomic E-state index is 13.5. The number of methoxy groups -OCH3 is 1. The maximum Gasteiger partial charge on any atom is 0.573 e. The zero-order valence-corrected chi connectivity index (χ0v) is 19.3. The van der Waals surface area contributed by atoms with Crippen molar-refractivity contribution in [2.75, 3.05) is 13.7 Å². The molecule has 1 amide bonds. The van der Waals surface area contributed by atoms with Gasteiger partial charge in [0.05, 0.1) is 16.9 Å². The van der Waals surface area contributed by atoms with Crippen LogP contribution in [0.3, 0.4) is 0 Å². The number of aromatic nitrogens is 1. The van der Waals surface area contributed by atoms with Gasteiger partial charge in [-0.2, -0.15) is 4.99 Å². The number of hydrogen-bond donors (Lipinski definition) is 0. The van der Waals surface area contributed by atoms with Crippen LogP contribution in [-0.2, 0) is 16.1 Å². The van der Waals surface area contributed by atoms with Gasteiger partial charge in [0.15, 0.2) is 4.80 Å². The van der Waals surface area contributed by atoms with Crippen LogP contribution in [0.1, 0.15) is 38.5 Å². The lowest BCUT2D eigenvalue weighted by Gasteiger charge is -2.55. The van der Waals surface area contributed by atoms with Crippen LogP contribution in [0.5, 0.6) is 5.75 Å². The molecule has 6 rings (SSSR count). The molecule has 1 heterocycles. The van der Waals surface area contributed by atoms with Crippen LogP contribution in [0.4, 0.5) is 13.2 Å². The topological polar surface area (TPSA) is 52.8 Å². The fraction of sp³-hybridized carbons (Fsp3) is 0.583. The van der Waals surface area contributed by atoms with E-state index in [0.717, 1.165) is 24.1 Å². The molecule has 0 spiro atoms. The van der Waals surface area contributed by atoms with Crippen molar-refractivity contribution in [3.8, 4) is 16.2 Å². The number of ether oxygens (including phenoxy) is 2. The Morgan fingerprint density at radius 3 is 2.45 bits per heavy atom. The number of carbonyl (C=O) groups is 1. The van der Waals surface area contributed by atoms with Gasteiger partial charge in [0.25, 0.3) is 5.91 Å². The number of carbonyl (C=O) groups excluding carboxylic acids is 1. The molecular weight excluding hydrogens is 453 g/mol. The largest absolute Gasteiger partial charge is 0.573 e. The van der Waals surface area contributed by atoms with E-state index in [1.54, 1.807) is 13.2 Å². The first kappa shape index (κ1) is 22.7. The molecule has 1 aromatic heterocycles. The van der Waals surface area contributed by atoms with Crippen LogP contribution in [0.2, 0.25) is 0 Å². The molecule has 0 saturated heterocycles. The molecule has 4 bridgehead atoms. The molecule has 2 aromatic rings. The van der Waals surface area contributed by atoms with Crippen molar-refractivity contribution in [2.24, 2.45) is 28.2 Å². The fourth-order valence-corrected chi connectivity index (χ4v) is 7.39. The number of alkyl halides is 3. The Kier molecular flexibility index (Phi) is 5.89. The molecule has 0 unspecified atom stereocenters. The lowest BCUT2D eigenvalue weighted by atomic mass is 9.49. The third-order valence-corrected chi connectivity index (χ3v) is 8.37. The minimum Gasteiger partial charge on any atom is -0.406 e. The van der Waals surface area contributed by atoms with Crippen molar-refractivity contribution in [2.45, 2.75) is 51.4 Å². The zero-order valence-electron chi connectivity index (χ0n) is 18.4. The highest BCUT2D eigenvalue weighted by molar-refractivity contribution is 7.12. The minimum atomic E-state index is -4.75. The molecule has 4 fully saturated rings. The van der Waals surface area contributed by atoms with Crippen LogP contribution in [-0.4, -0.2) is 30.6 Å². The summed E-state index contributed by atoms with van der Waals surface area (Å²) in [6, 6.07) is 5.86. The molecule has 178 valence electrons. The van der Waals surface area contributed by atoms with Gasteiger partial charge < -0.3 is 14.0 Å². The SMILES string of the molecule is COCCn1cc(-c2cccc(OC(F)(F)F)c2)s/c1=N\C(=O)C12CC3CC(CC(C3)C1)C2. The predicted octanol–water partition coefficient (Wildman–Crippen LogP) is 5.41. The van der Waals surface area contributed by atoms with Gasteiger partial charge in [0.2, 0.25) is 0 Å². The number of thiazole rings is 1. The first-order valence-corrected chi connectivity index (χ1v) is 12.2. The summed E-state index contributed by atoms with van der Waals surface area (Å²) in [7, 11) is 1.60. The Labute approximate surface area is 194 Å². The highest BCUT2D eigenvalue weighted by Crippen LogP contribution is 2.60. The number of rotatable bonds is 6. The van der Waals surface area contributed by atoms with Gasteiger partial charge >= 0.3 is 6.36 Å². The molecule has 0 radical (unpaired) electrons. The van der Waals surface area contributed by atoms with Gasteiger partial charge in [-0.15, -0.1) is 13.2 Å². The van der Waals surface area contributed by atoms with E-state index in [4.69, 9.17) is 4.74 Å². The molecule has 1 aromatic carbocycles. The molecule has 4 saturated carbocycles. The summed E-state index contributed by atoms with van der Waals surface area (Å²) >= 11 is 1.31. The van der Waals surface area contributed by atoms with Crippen molar-refractivity contribution in [1.29, 1.82) is 0 Å². The van der Waals surface area contributed by atoms with E-state index in [1.165, 1.54) is 48.8 Å². The summed E-state index contributed by atoms with van der Waals surface area (Å²) in [5, 5.41) is 0. The van der Waals surface area contributed by atoms with E-state index in [2.05, 4.69) is 9.73 Å². The Morgan fingerprint density at radius 2 is 1.85 bits per heavy atom. The third kappa shape index (κ3) is 4.75. The van der Waals surface area contributed by atoms with Gasteiger partial charge in [-0.25, -0.2) is 0 Å². The molecule has 0 atom stereocenters. The Morgan fingerprint density at radius 1 is 1.18 bits per heavy atom. The summed E-state index contributed by atoms with van der Waals surface area (Å²) in [5.74, 6) is 1.62. The van der Waals surface area contributed by atoms with Crippen molar-refractivity contribution in [3.63, 3.8) is 0 Å². The van der Waals surface area contributed by atoms with E-state index in [-0.39, 0.29) is 17.1 Å². The second-order valence-electron chi connectivity index (χ2n) is 9.75. The fourth-order valence-electron chi connectivity index (χ4n) is 6.37. The Bertz CT molecular complexity index is 1070. The first-order valence-electron chi connectivity index (χ1n) is 11.4. The van der Waals surface area contributed by atoms with Crippen molar-refractivity contribution < 1.29 is 27.4 Å². The number of nitrogens with zero attached hydrogens (tertiary/aromatic N) is 2. The molecule has 4 aliphatic rings. The number of hydrogen-bond acceptors (Lipinski definition) is 4. The van der Waals surface area contributed by atoms with Crippen LogP contribution >= 0.6 is 11.3 Å². The summed E-state index contributed by atoms with van der Waals surface area (Å²) in [5.41, 5.74) is 0.245. The predicted molar refractivity (Wildman–Crippen MR) is 117 cm³/mol. The van der Waals surface area contributed by atoms with Crippen LogP contribution in [0, 0.1) is 23.2 Å². The smallest absolute Gasteiger partial charge is 0.406 e. The second kappa shape index (κ2) is 8.58. The van der Waals surface area contributed by atoms with Gasteiger partial charge in [0, 0.05) is 19.9 Å². The molecule has 5 nitrogen and oxygen atoms in total. The molecule has 33 heavy (non-hydrogen) atoms. The lowest BCUT2D eigenvalue weighted by molar-refractivity contribution is -0.274. The Balaban J connectivity index is 1.47. The van der Waals surface area contributed by atoms with Crippen LogP contribution in [0.25, 0.3) is 10.4 Å². The van der Waals surface area contributed by atoms with Crippen molar-refractivity contribution in [3.05, 3.63) is 35.3 Å². The average molecular weight is 481 g/mol. The van der Waals surface area contributed by atoms with Gasteiger partial charge in [-0.1, -0.05) is 23.5 Å². The van der Waals surface area contributed by atoms with E-state index in [9.17, 15) is 18.0 Å². The van der Waals surface area contributed by atoms with Crippen LogP contribution in [0.15, 0.2) is 35.5 Å². The normalized spacial score (nSPS) is 29.0. The van der Waals surface area contributed by atoms with Gasteiger partial charge in [-0.3, -0.25) is 4.79 Å². The molecule has 4 aliphatic carbocycles. The van der Waals surface area contributed by atoms with Gasteiger partial charge in [-0.05, 0) is 74.0 Å². The Hall–Kier alpha value is -2.13. The highest BCUT2D eigenvalue weighted by Gasteiger charge is 2.54. The van der Waals surface area contributed by atoms with E-state index < -0.39 is 6.36 Å². The minimum absolute atomic E-state index is 0.0321. The highest BCUT2D eigenvalue weighted by atomic mass is 32.1. The summed E-state index contributed by atoms with van der Waals surface area (Å²) < 4.78 is 49.1. The summed E-state index contributed by atoms with van der Waals surface area (Å²) in [4.78, 5) is 19.4.